The molecule has 1 aliphatic heterocycles. The first kappa shape index (κ1) is 37.4. The van der Waals surface area contributed by atoms with Crippen molar-refractivity contribution in [1.82, 2.24) is 31.5 Å². The summed E-state index contributed by atoms with van der Waals surface area (Å²) >= 11 is 1.48. The number of guanidine groups is 1. The number of aliphatic carboxylic acids is 1. The van der Waals surface area contributed by atoms with E-state index in [1.54, 1.807) is 0 Å². The smallest absolute Gasteiger partial charge is 0.322 e. The molecule has 0 aromatic heterocycles. The largest absolute Gasteiger partial charge is 0.480 e. The van der Waals surface area contributed by atoms with Crippen molar-refractivity contribution >= 4 is 53.2 Å². The Morgan fingerprint density at radius 1 is 1.00 bits per heavy atom. The fraction of sp³-hybridized carbons (Fsp3) is 0.731. The zero-order valence-electron chi connectivity index (χ0n) is 25.1. The molecule has 1 saturated heterocycles. The third-order valence-corrected chi connectivity index (χ3v) is 7.25. The average molecular weight is 630 g/mol. The lowest BCUT2D eigenvalue weighted by Gasteiger charge is -2.29. The van der Waals surface area contributed by atoms with Crippen LogP contribution in [0.5, 0.6) is 0 Å². The SMILES string of the molecule is CSCC[C@H](NC(=O)[C@@H](N)CCCNC(=N)N)C(=O)NCC(=O)N[C@@H](CC(C)C)C(=O)N1CCC[C@H]1C(=O)NCC(=O)O. The van der Waals surface area contributed by atoms with Gasteiger partial charge >= 0.3 is 5.97 Å². The number of thioether (sulfide) groups is 1. The number of nitrogens with zero attached hydrogens (tertiary/aromatic N) is 1. The van der Waals surface area contributed by atoms with Gasteiger partial charge in [0.1, 0.15) is 24.7 Å². The van der Waals surface area contributed by atoms with Crippen molar-refractivity contribution in [2.24, 2.45) is 17.4 Å². The Morgan fingerprint density at radius 2 is 1.70 bits per heavy atom. The topological polar surface area (TPSA) is 262 Å². The molecular weight excluding hydrogens is 582 g/mol. The average Bonchev–Trinajstić information content (AvgIpc) is 3.43. The van der Waals surface area contributed by atoms with Gasteiger partial charge in [-0.3, -0.25) is 34.2 Å². The van der Waals surface area contributed by atoms with E-state index in [9.17, 15) is 28.8 Å². The molecule has 0 saturated carbocycles. The Kier molecular flexibility index (Phi) is 17.0. The molecule has 11 N–H and O–H groups in total. The van der Waals surface area contributed by atoms with Crippen molar-refractivity contribution < 1.29 is 33.9 Å². The molecule has 43 heavy (non-hydrogen) atoms. The molecule has 0 unspecified atom stereocenters. The van der Waals surface area contributed by atoms with Crippen molar-refractivity contribution in [3.05, 3.63) is 0 Å². The van der Waals surface area contributed by atoms with Gasteiger partial charge < -0.3 is 48.1 Å². The maximum Gasteiger partial charge on any atom is 0.322 e. The van der Waals surface area contributed by atoms with Crippen LogP contribution in [0.2, 0.25) is 0 Å². The number of rotatable bonds is 19. The monoisotopic (exact) mass is 629 g/mol. The van der Waals surface area contributed by atoms with E-state index in [0.29, 0.717) is 44.4 Å². The molecule has 0 bridgehead atoms. The van der Waals surface area contributed by atoms with Crippen molar-refractivity contribution in [3.63, 3.8) is 0 Å². The number of carboxylic acids is 1. The molecule has 1 heterocycles. The summed E-state index contributed by atoms with van der Waals surface area (Å²) < 4.78 is 0. The number of hydrogen-bond acceptors (Lipinski definition) is 9. The van der Waals surface area contributed by atoms with Crippen LogP contribution in [0.1, 0.15) is 52.4 Å². The number of carboxylic acid groups (broad SMARTS) is 1. The minimum Gasteiger partial charge on any atom is -0.480 e. The fourth-order valence-corrected chi connectivity index (χ4v) is 4.94. The molecule has 16 nitrogen and oxygen atoms in total. The Balaban J connectivity index is 2.77. The number of likely N-dealkylation sites (tertiary alicyclic amines) is 1. The van der Waals surface area contributed by atoms with Crippen molar-refractivity contribution in [2.75, 3.05) is 38.2 Å². The second-order valence-electron chi connectivity index (χ2n) is 10.7. The Bertz CT molecular complexity index is 998. The van der Waals surface area contributed by atoms with E-state index in [4.69, 9.17) is 22.0 Å². The summed E-state index contributed by atoms with van der Waals surface area (Å²) in [5.74, 6) is -3.57. The highest BCUT2D eigenvalue weighted by molar-refractivity contribution is 7.98. The van der Waals surface area contributed by atoms with Crippen LogP contribution in [0.3, 0.4) is 0 Å². The number of hydrogen-bond donors (Lipinski definition) is 9. The van der Waals surface area contributed by atoms with Crippen LogP contribution in [0, 0.1) is 11.3 Å². The number of carbonyl (C=O) groups excluding carboxylic acids is 5. The molecule has 1 aliphatic rings. The van der Waals surface area contributed by atoms with Crippen LogP contribution in [-0.2, 0) is 28.8 Å². The van der Waals surface area contributed by atoms with Crippen molar-refractivity contribution in [3.8, 4) is 0 Å². The Morgan fingerprint density at radius 3 is 2.30 bits per heavy atom. The van der Waals surface area contributed by atoms with Crippen LogP contribution in [0.25, 0.3) is 0 Å². The quantitative estimate of drug-likeness (QED) is 0.0415. The molecule has 1 fully saturated rings. The molecule has 17 heteroatoms. The van der Waals surface area contributed by atoms with Crippen LogP contribution in [-0.4, -0.2) is 114 Å². The number of amides is 5. The second-order valence-corrected chi connectivity index (χ2v) is 11.7. The summed E-state index contributed by atoms with van der Waals surface area (Å²) in [6, 6.07) is -3.61. The maximum atomic E-state index is 13.4. The minimum absolute atomic E-state index is 0.0133. The molecule has 0 spiro atoms. The van der Waals surface area contributed by atoms with Crippen LogP contribution in [0.15, 0.2) is 0 Å². The third-order valence-electron chi connectivity index (χ3n) is 6.60. The standard InChI is InChI=1S/C26H47N9O7S/c1-15(2)12-18(25(42)35-10-5-7-19(35)24(41)32-14-21(37)38)33-20(36)13-31-23(40)17(8-11-43-3)34-22(39)16(27)6-4-9-30-26(28)29/h15-19H,4-14,27H2,1-3H3,(H,31,40)(H,32,41)(H,33,36)(H,34,39)(H,37,38)(H4,28,29,30)/t16-,17-,18-,19-/m0/s1. The first-order valence-corrected chi connectivity index (χ1v) is 15.7. The first-order valence-electron chi connectivity index (χ1n) is 14.3. The highest BCUT2D eigenvalue weighted by atomic mass is 32.2. The Labute approximate surface area is 256 Å². The van der Waals surface area contributed by atoms with E-state index < -0.39 is 72.8 Å². The number of nitrogens with one attached hydrogen (secondary N) is 6. The van der Waals surface area contributed by atoms with E-state index in [-0.39, 0.29) is 24.8 Å². The predicted octanol–water partition coefficient (Wildman–Crippen LogP) is -2.35. The van der Waals surface area contributed by atoms with Crippen LogP contribution >= 0.6 is 11.8 Å². The van der Waals surface area contributed by atoms with Gasteiger partial charge in [-0.15, -0.1) is 0 Å². The van der Waals surface area contributed by atoms with Gasteiger partial charge in [-0.05, 0) is 56.5 Å². The van der Waals surface area contributed by atoms with Crippen LogP contribution in [0.4, 0.5) is 0 Å². The summed E-state index contributed by atoms with van der Waals surface area (Å²) in [5.41, 5.74) is 11.2. The molecular formula is C26H47N9O7S. The molecule has 244 valence electrons. The minimum atomic E-state index is -1.20. The number of nitrogens with two attached hydrogens (primary N) is 2. The zero-order valence-corrected chi connectivity index (χ0v) is 25.9. The van der Waals surface area contributed by atoms with Gasteiger partial charge in [-0.1, -0.05) is 13.8 Å². The molecule has 4 atom stereocenters. The molecule has 1 rings (SSSR count). The summed E-state index contributed by atoms with van der Waals surface area (Å²) in [7, 11) is 0. The summed E-state index contributed by atoms with van der Waals surface area (Å²) in [6.07, 6.45) is 4.14. The van der Waals surface area contributed by atoms with Gasteiger partial charge in [-0.25, -0.2) is 0 Å². The van der Waals surface area contributed by atoms with Gasteiger partial charge in [-0.2, -0.15) is 11.8 Å². The summed E-state index contributed by atoms with van der Waals surface area (Å²) in [5, 5.41) is 28.7. The lowest BCUT2D eigenvalue weighted by Crippen LogP contribution is -2.56. The molecule has 0 aliphatic carbocycles. The number of carbonyl (C=O) groups is 6. The normalized spacial score (nSPS) is 16.5. The fourth-order valence-electron chi connectivity index (χ4n) is 4.47. The first-order chi connectivity index (χ1) is 20.3. The van der Waals surface area contributed by atoms with Gasteiger partial charge in [0, 0.05) is 13.1 Å². The summed E-state index contributed by atoms with van der Waals surface area (Å²) in [6.45, 7) is 3.40. The van der Waals surface area contributed by atoms with Crippen molar-refractivity contribution in [1.29, 1.82) is 5.41 Å². The van der Waals surface area contributed by atoms with E-state index in [0.717, 1.165) is 0 Å². The lowest BCUT2D eigenvalue weighted by molar-refractivity contribution is -0.143. The van der Waals surface area contributed by atoms with E-state index >= 15 is 0 Å². The van der Waals surface area contributed by atoms with E-state index in [1.165, 1.54) is 16.7 Å². The predicted molar refractivity (Wildman–Crippen MR) is 162 cm³/mol. The van der Waals surface area contributed by atoms with Gasteiger partial charge in [0.2, 0.25) is 29.5 Å². The highest BCUT2D eigenvalue weighted by Gasteiger charge is 2.38. The van der Waals surface area contributed by atoms with Crippen molar-refractivity contribution in [2.45, 2.75) is 76.5 Å². The van der Waals surface area contributed by atoms with Crippen LogP contribution < -0.4 is 38.1 Å². The van der Waals surface area contributed by atoms with E-state index in [1.807, 2.05) is 20.1 Å². The van der Waals surface area contributed by atoms with E-state index in [2.05, 4.69) is 26.6 Å². The third kappa shape index (κ3) is 14.4. The summed E-state index contributed by atoms with van der Waals surface area (Å²) in [4.78, 5) is 76.4. The van der Waals surface area contributed by atoms with Gasteiger partial charge in [0.25, 0.3) is 0 Å². The maximum absolute atomic E-state index is 13.4. The Hall–Kier alpha value is -3.60. The van der Waals surface area contributed by atoms with Gasteiger partial charge in [0.15, 0.2) is 5.96 Å². The molecule has 0 aromatic rings. The second kappa shape index (κ2) is 19.6. The molecule has 0 radical (unpaired) electrons. The zero-order chi connectivity index (χ0) is 32.5. The lowest BCUT2D eigenvalue weighted by atomic mass is 10.0. The molecule has 5 amide bonds. The highest BCUT2D eigenvalue weighted by Crippen LogP contribution is 2.20. The molecule has 0 aromatic carbocycles. The van der Waals surface area contributed by atoms with Gasteiger partial charge in [0.05, 0.1) is 12.6 Å².